The van der Waals surface area contributed by atoms with Crippen molar-refractivity contribution in [3.63, 3.8) is 0 Å². The summed E-state index contributed by atoms with van der Waals surface area (Å²) in [6, 6.07) is 15.2. The van der Waals surface area contributed by atoms with Gasteiger partial charge in [-0.3, -0.25) is 14.2 Å². The number of carbonyl (C=O) groups excluding carboxylic acids is 1. The fourth-order valence-corrected chi connectivity index (χ4v) is 5.38. The molecule has 0 bridgehead atoms. The molecule has 1 amide bonds. The van der Waals surface area contributed by atoms with Crippen molar-refractivity contribution < 1.29 is 28.1 Å². The van der Waals surface area contributed by atoms with Crippen LogP contribution in [0.1, 0.15) is 24.0 Å². The molecule has 3 aromatic carbocycles. The van der Waals surface area contributed by atoms with Gasteiger partial charge in [-0.15, -0.1) is 0 Å². The van der Waals surface area contributed by atoms with Gasteiger partial charge in [0.1, 0.15) is 5.82 Å². The number of ether oxygens (including phenoxy) is 4. The Bertz CT molecular complexity index is 1630. The number of carbonyl (C=O) groups is 1. The smallest absolute Gasteiger partial charge is 0.262 e. The van der Waals surface area contributed by atoms with Crippen LogP contribution in [0.25, 0.3) is 10.9 Å². The van der Waals surface area contributed by atoms with E-state index >= 15 is 0 Å². The molecule has 0 atom stereocenters. The zero-order chi connectivity index (χ0) is 26.8. The molecule has 0 aliphatic carbocycles. The van der Waals surface area contributed by atoms with Crippen LogP contribution in [0.5, 0.6) is 23.0 Å². The highest BCUT2D eigenvalue weighted by atomic mass is 32.2. The summed E-state index contributed by atoms with van der Waals surface area (Å²) in [4.78, 5) is 30.8. The number of thioether (sulfide) groups is 1. The van der Waals surface area contributed by atoms with Gasteiger partial charge in [-0.25, -0.2) is 9.37 Å². The SMILES string of the molecule is O=C(CCCn1c(SCc2cccc(F)c2)nc2cc3c(cc2c1=O)OCO3)NCc1ccc2c(c1)OCO2. The van der Waals surface area contributed by atoms with Crippen LogP contribution < -0.4 is 29.8 Å². The maximum atomic E-state index is 13.7. The molecule has 0 saturated carbocycles. The van der Waals surface area contributed by atoms with E-state index in [0.717, 1.165) is 11.1 Å². The zero-order valence-electron chi connectivity index (χ0n) is 20.8. The highest BCUT2D eigenvalue weighted by Gasteiger charge is 2.20. The number of fused-ring (bicyclic) bond motifs is 3. The van der Waals surface area contributed by atoms with Gasteiger partial charge in [0.25, 0.3) is 5.56 Å². The highest BCUT2D eigenvalue weighted by molar-refractivity contribution is 7.98. The summed E-state index contributed by atoms with van der Waals surface area (Å²) >= 11 is 1.34. The van der Waals surface area contributed by atoms with Crippen molar-refractivity contribution >= 4 is 28.6 Å². The first kappa shape index (κ1) is 25.1. The fraction of sp³-hybridized carbons (Fsp3) is 0.250. The van der Waals surface area contributed by atoms with E-state index in [-0.39, 0.29) is 37.3 Å². The van der Waals surface area contributed by atoms with Crippen molar-refractivity contribution in [2.24, 2.45) is 0 Å². The average molecular weight is 550 g/mol. The second-order valence-electron chi connectivity index (χ2n) is 9.06. The van der Waals surface area contributed by atoms with Crippen molar-refractivity contribution in [2.45, 2.75) is 36.8 Å². The molecule has 1 N–H and O–H groups in total. The summed E-state index contributed by atoms with van der Waals surface area (Å²) in [7, 11) is 0. The number of amides is 1. The average Bonchev–Trinajstić information content (AvgIpc) is 3.60. The molecule has 9 nitrogen and oxygen atoms in total. The van der Waals surface area contributed by atoms with Gasteiger partial charge in [-0.1, -0.05) is 30.0 Å². The third kappa shape index (κ3) is 5.49. The molecule has 6 rings (SSSR count). The van der Waals surface area contributed by atoms with Crippen molar-refractivity contribution in [3.8, 4) is 23.0 Å². The molecule has 3 heterocycles. The Kier molecular flexibility index (Phi) is 6.97. The van der Waals surface area contributed by atoms with Crippen LogP contribution in [-0.2, 0) is 23.6 Å². The summed E-state index contributed by atoms with van der Waals surface area (Å²) in [5, 5.41) is 3.79. The maximum absolute atomic E-state index is 13.7. The van der Waals surface area contributed by atoms with Crippen molar-refractivity contribution in [1.82, 2.24) is 14.9 Å². The molecule has 0 spiro atoms. The molecule has 0 saturated heterocycles. The predicted octanol–water partition coefficient (Wildman–Crippen LogP) is 4.38. The Morgan fingerprint density at radius 3 is 2.54 bits per heavy atom. The molecule has 0 unspecified atom stereocenters. The molecule has 2 aliphatic heterocycles. The minimum Gasteiger partial charge on any atom is -0.454 e. The van der Waals surface area contributed by atoms with Crippen LogP contribution in [0.3, 0.4) is 0 Å². The molecule has 11 heteroatoms. The highest BCUT2D eigenvalue weighted by Crippen LogP contribution is 2.35. The van der Waals surface area contributed by atoms with Crippen LogP contribution in [0.4, 0.5) is 4.39 Å². The van der Waals surface area contributed by atoms with Crippen LogP contribution >= 0.6 is 11.8 Å². The first-order valence-electron chi connectivity index (χ1n) is 12.4. The number of hydrogen-bond acceptors (Lipinski definition) is 8. The van der Waals surface area contributed by atoms with E-state index in [1.165, 1.54) is 23.9 Å². The molecular weight excluding hydrogens is 525 g/mol. The molecule has 0 radical (unpaired) electrons. The number of nitrogens with one attached hydrogen (secondary N) is 1. The molecule has 1 aromatic heterocycles. The first-order valence-corrected chi connectivity index (χ1v) is 13.4. The molecule has 4 aromatic rings. The lowest BCUT2D eigenvalue weighted by molar-refractivity contribution is -0.121. The predicted molar refractivity (Wildman–Crippen MR) is 142 cm³/mol. The molecule has 2 aliphatic rings. The van der Waals surface area contributed by atoms with Crippen molar-refractivity contribution in [1.29, 1.82) is 0 Å². The normalized spacial score (nSPS) is 13.2. The number of hydrogen-bond donors (Lipinski definition) is 1. The summed E-state index contributed by atoms with van der Waals surface area (Å²) in [6.45, 7) is 0.927. The van der Waals surface area contributed by atoms with Crippen LogP contribution in [-0.4, -0.2) is 29.0 Å². The van der Waals surface area contributed by atoms with Gasteiger partial charge in [0, 0.05) is 31.3 Å². The number of halogens is 1. The van der Waals surface area contributed by atoms with Gasteiger partial charge in [0.2, 0.25) is 19.5 Å². The standard InChI is InChI=1S/C28H24FN3O6S/c29-19-4-1-3-18(9-19)14-39-28-31-21-12-25-24(37-16-38-25)11-20(21)27(34)32(28)8-2-5-26(33)30-13-17-6-7-22-23(10-17)36-15-35-22/h1,3-4,6-7,9-12H,2,5,8,13-16H2,(H,30,33). The van der Waals surface area contributed by atoms with Gasteiger partial charge in [0.05, 0.1) is 10.9 Å². The topological polar surface area (TPSA) is 101 Å². The first-order chi connectivity index (χ1) is 19.0. The van der Waals surface area contributed by atoms with Crippen molar-refractivity contribution in [2.75, 3.05) is 13.6 Å². The minimum absolute atomic E-state index is 0.0857. The summed E-state index contributed by atoms with van der Waals surface area (Å²) < 4.78 is 36.8. The van der Waals surface area contributed by atoms with E-state index in [0.29, 0.717) is 64.3 Å². The van der Waals surface area contributed by atoms with Crippen LogP contribution in [0.15, 0.2) is 64.5 Å². The third-order valence-electron chi connectivity index (χ3n) is 6.38. The second kappa shape index (κ2) is 10.9. The molecule has 0 fully saturated rings. The summed E-state index contributed by atoms with van der Waals surface area (Å²) in [6.07, 6.45) is 0.655. The lowest BCUT2D eigenvalue weighted by Crippen LogP contribution is -2.26. The van der Waals surface area contributed by atoms with E-state index in [1.54, 1.807) is 22.8 Å². The lowest BCUT2D eigenvalue weighted by atomic mass is 10.2. The van der Waals surface area contributed by atoms with Gasteiger partial charge >= 0.3 is 0 Å². The summed E-state index contributed by atoms with van der Waals surface area (Å²) in [5.74, 6) is 2.35. The number of aromatic nitrogens is 2. The quantitative estimate of drug-likeness (QED) is 0.243. The summed E-state index contributed by atoms with van der Waals surface area (Å²) in [5.41, 5.74) is 1.93. The third-order valence-corrected chi connectivity index (χ3v) is 7.43. The molecule has 39 heavy (non-hydrogen) atoms. The van der Waals surface area contributed by atoms with E-state index in [1.807, 2.05) is 24.3 Å². The largest absolute Gasteiger partial charge is 0.454 e. The Hall–Kier alpha value is -4.25. The monoisotopic (exact) mass is 549 g/mol. The van der Waals surface area contributed by atoms with Crippen LogP contribution in [0.2, 0.25) is 0 Å². The molecular formula is C28H24FN3O6S. The minimum atomic E-state index is -0.323. The second-order valence-corrected chi connectivity index (χ2v) is 10.0. The number of benzene rings is 3. The molecule has 200 valence electrons. The van der Waals surface area contributed by atoms with Crippen LogP contribution in [0, 0.1) is 5.82 Å². The van der Waals surface area contributed by atoms with Crippen molar-refractivity contribution in [3.05, 3.63) is 81.9 Å². The Morgan fingerprint density at radius 2 is 1.72 bits per heavy atom. The Morgan fingerprint density at radius 1 is 0.949 bits per heavy atom. The number of nitrogens with zero attached hydrogens (tertiary/aromatic N) is 2. The Labute approximate surface area is 226 Å². The fourth-order valence-electron chi connectivity index (χ4n) is 4.41. The van der Waals surface area contributed by atoms with E-state index in [2.05, 4.69) is 5.32 Å². The van der Waals surface area contributed by atoms with E-state index < -0.39 is 0 Å². The number of rotatable bonds is 9. The maximum Gasteiger partial charge on any atom is 0.262 e. The van der Waals surface area contributed by atoms with Gasteiger partial charge in [-0.05, 0) is 47.9 Å². The van der Waals surface area contributed by atoms with Gasteiger partial charge in [0.15, 0.2) is 28.2 Å². The van der Waals surface area contributed by atoms with Gasteiger partial charge in [-0.2, -0.15) is 0 Å². The zero-order valence-corrected chi connectivity index (χ0v) is 21.6. The van der Waals surface area contributed by atoms with E-state index in [4.69, 9.17) is 23.9 Å². The van der Waals surface area contributed by atoms with E-state index in [9.17, 15) is 14.0 Å². The van der Waals surface area contributed by atoms with Gasteiger partial charge < -0.3 is 24.3 Å². The Balaban J connectivity index is 1.16. The lowest BCUT2D eigenvalue weighted by Gasteiger charge is -2.14.